The van der Waals surface area contributed by atoms with Crippen LogP contribution in [0.4, 0.5) is 0 Å². The number of carbonyl (C=O) groups is 2. The van der Waals surface area contributed by atoms with E-state index in [0.29, 0.717) is 6.42 Å². The molecule has 1 aliphatic rings. The summed E-state index contributed by atoms with van der Waals surface area (Å²) in [4.78, 5) is 23.3. The van der Waals surface area contributed by atoms with Crippen LogP contribution in [0, 0.1) is 5.41 Å². The molecule has 0 unspecified atom stereocenters. The van der Waals surface area contributed by atoms with Crippen LogP contribution in [0.15, 0.2) is 0 Å². The summed E-state index contributed by atoms with van der Waals surface area (Å²) in [7, 11) is 0. The molecule has 4 nitrogen and oxygen atoms in total. The van der Waals surface area contributed by atoms with Crippen molar-refractivity contribution in [3.63, 3.8) is 0 Å². The van der Waals surface area contributed by atoms with Crippen molar-refractivity contribution < 1.29 is 14.3 Å². The summed E-state index contributed by atoms with van der Waals surface area (Å²) >= 11 is 2.18. The fraction of sp³-hybridized carbons (Fsp3) is 0.818. The normalized spacial score (nSPS) is 25.4. The molecule has 1 rings (SSSR count). The van der Waals surface area contributed by atoms with Gasteiger partial charge in [-0.1, -0.05) is 43.4 Å². The van der Waals surface area contributed by atoms with Gasteiger partial charge < -0.3 is 10.1 Å². The number of alkyl halides is 1. The monoisotopic (exact) mass is 339 g/mol. The zero-order chi connectivity index (χ0) is 12.3. The van der Waals surface area contributed by atoms with Crippen LogP contribution in [-0.4, -0.2) is 28.4 Å². The summed E-state index contributed by atoms with van der Waals surface area (Å²) in [6.45, 7) is 5.71. The standard InChI is InChI=1S/C11H18INO3/c1-4-11(2,3)10(15)13-8-5-7(6-12)16-9(8)14/h7-8H,4-6H2,1-3H3,(H,13,15)/t7-,8-/m0/s1. The highest BCUT2D eigenvalue weighted by Gasteiger charge is 2.37. The number of hydrogen-bond acceptors (Lipinski definition) is 3. The van der Waals surface area contributed by atoms with Crippen molar-refractivity contribution >= 4 is 34.5 Å². The Morgan fingerprint density at radius 1 is 1.62 bits per heavy atom. The molecule has 5 heteroatoms. The quantitative estimate of drug-likeness (QED) is 0.482. The van der Waals surface area contributed by atoms with Crippen LogP contribution < -0.4 is 5.32 Å². The van der Waals surface area contributed by atoms with Gasteiger partial charge in [0.2, 0.25) is 5.91 Å². The van der Waals surface area contributed by atoms with Crippen LogP contribution >= 0.6 is 22.6 Å². The molecule has 0 aromatic heterocycles. The Morgan fingerprint density at radius 2 is 2.25 bits per heavy atom. The van der Waals surface area contributed by atoms with E-state index in [1.165, 1.54) is 0 Å². The number of rotatable bonds is 4. The SMILES string of the molecule is CCC(C)(C)C(=O)N[C@H]1C[C@@H](CI)OC1=O. The lowest BCUT2D eigenvalue weighted by Crippen LogP contribution is -2.44. The predicted octanol–water partition coefficient (Wildman–Crippen LogP) is 1.66. The van der Waals surface area contributed by atoms with Crippen molar-refractivity contribution in [2.45, 2.75) is 45.8 Å². The van der Waals surface area contributed by atoms with Gasteiger partial charge in [0.1, 0.15) is 12.1 Å². The fourth-order valence-corrected chi connectivity index (χ4v) is 1.92. The highest BCUT2D eigenvalue weighted by atomic mass is 127. The van der Waals surface area contributed by atoms with Gasteiger partial charge in [0.05, 0.1) is 0 Å². The maximum absolute atomic E-state index is 11.9. The van der Waals surface area contributed by atoms with Gasteiger partial charge >= 0.3 is 5.97 Å². The number of nitrogens with one attached hydrogen (secondary N) is 1. The highest BCUT2D eigenvalue weighted by molar-refractivity contribution is 14.1. The Bertz CT molecular complexity index is 291. The first-order valence-corrected chi connectivity index (χ1v) is 7.00. The molecule has 0 saturated carbocycles. The molecule has 16 heavy (non-hydrogen) atoms. The molecule has 0 spiro atoms. The first kappa shape index (κ1) is 13.7. The van der Waals surface area contributed by atoms with Crippen molar-refractivity contribution in [3.05, 3.63) is 0 Å². The average Bonchev–Trinajstić information content (AvgIpc) is 2.59. The predicted molar refractivity (Wildman–Crippen MR) is 69.4 cm³/mol. The van der Waals surface area contributed by atoms with E-state index in [2.05, 4.69) is 27.9 Å². The van der Waals surface area contributed by atoms with Crippen molar-refractivity contribution in [1.29, 1.82) is 0 Å². The molecule has 0 aromatic rings. The first-order chi connectivity index (χ1) is 7.40. The number of carbonyl (C=O) groups excluding carboxylic acids is 2. The van der Waals surface area contributed by atoms with Crippen LogP contribution in [-0.2, 0) is 14.3 Å². The summed E-state index contributed by atoms with van der Waals surface area (Å²) in [6.07, 6.45) is 1.28. The lowest BCUT2D eigenvalue weighted by molar-refractivity contribution is -0.144. The number of cyclic esters (lactones) is 1. The van der Waals surface area contributed by atoms with Gasteiger partial charge in [0, 0.05) is 16.3 Å². The molecule has 2 atom stereocenters. The van der Waals surface area contributed by atoms with Gasteiger partial charge in [0.25, 0.3) is 0 Å². The second-order valence-electron chi connectivity index (χ2n) is 4.71. The van der Waals surface area contributed by atoms with E-state index in [0.717, 1.165) is 10.8 Å². The molecule has 1 aliphatic heterocycles. The summed E-state index contributed by atoms with van der Waals surface area (Å²) in [5.74, 6) is -0.382. The van der Waals surface area contributed by atoms with Crippen LogP contribution in [0.5, 0.6) is 0 Å². The van der Waals surface area contributed by atoms with Crippen molar-refractivity contribution in [2.24, 2.45) is 5.41 Å². The average molecular weight is 339 g/mol. The minimum Gasteiger partial charge on any atom is -0.460 e. The molecule has 1 saturated heterocycles. The van der Waals surface area contributed by atoms with E-state index in [1.54, 1.807) is 0 Å². The van der Waals surface area contributed by atoms with Gasteiger partial charge in [0.15, 0.2) is 0 Å². The van der Waals surface area contributed by atoms with Gasteiger partial charge in [-0.05, 0) is 6.42 Å². The minimum absolute atomic E-state index is 0.0526. The second kappa shape index (κ2) is 5.33. The Labute approximate surface area is 110 Å². The fourth-order valence-electron chi connectivity index (χ4n) is 1.38. The number of ether oxygens (including phenoxy) is 1. The number of halogens is 1. The third-order valence-electron chi connectivity index (χ3n) is 3.04. The Balaban J connectivity index is 2.56. The van der Waals surface area contributed by atoms with E-state index in [1.807, 2.05) is 20.8 Å². The molecule has 0 aromatic carbocycles. The third-order valence-corrected chi connectivity index (χ3v) is 4.02. The lowest BCUT2D eigenvalue weighted by atomic mass is 9.89. The number of amides is 1. The molecular weight excluding hydrogens is 321 g/mol. The summed E-state index contributed by atoms with van der Waals surface area (Å²) in [5, 5.41) is 2.77. The molecular formula is C11H18INO3. The van der Waals surface area contributed by atoms with E-state index in [9.17, 15) is 9.59 Å². The molecule has 1 fully saturated rings. The number of hydrogen-bond donors (Lipinski definition) is 1. The van der Waals surface area contributed by atoms with E-state index >= 15 is 0 Å². The Hall–Kier alpha value is -0.330. The molecule has 1 amide bonds. The topological polar surface area (TPSA) is 55.4 Å². The molecule has 92 valence electrons. The Morgan fingerprint density at radius 3 is 2.69 bits per heavy atom. The zero-order valence-electron chi connectivity index (χ0n) is 9.88. The molecule has 0 aliphatic carbocycles. The van der Waals surface area contributed by atoms with E-state index in [4.69, 9.17) is 4.74 Å². The van der Waals surface area contributed by atoms with Crippen molar-refractivity contribution in [2.75, 3.05) is 4.43 Å². The highest BCUT2D eigenvalue weighted by Crippen LogP contribution is 2.22. The Kier molecular flexibility index (Phi) is 4.58. The molecule has 1 heterocycles. The summed E-state index contributed by atoms with van der Waals surface area (Å²) in [6, 6.07) is -0.460. The molecule has 0 bridgehead atoms. The zero-order valence-corrected chi connectivity index (χ0v) is 12.0. The van der Waals surface area contributed by atoms with Crippen LogP contribution in [0.2, 0.25) is 0 Å². The molecule has 0 radical (unpaired) electrons. The van der Waals surface area contributed by atoms with E-state index in [-0.39, 0.29) is 18.0 Å². The molecule has 1 N–H and O–H groups in total. The first-order valence-electron chi connectivity index (χ1n) is 5.48. The summed E-state index contributed by atoms with van der Waals surface area (Å²) < 4.78 is 5.88. The maximum Gasteiger partial charge on any atom is 0.329 e. The van der Waals surface area contributed by atoms with Crippen molar-refractivity contribution in [1.82, 2.24) is 5.32 Å². The third kappa shape index (κ3) is 3.09. The summed E-state index contributed by atoms with van der Waals surface area (Å²) in [5.41, 5.74) is -0.428. The smallest absolute Gasteiger partial charge is 0.329 e. The lowest BCUT2D eigenvalue weighted by Gasteiger charge is -2.22. The second-order valence-corrected chi connectivity index (χ2v) is 5.59. The number of esters is 1. The maximum atomic E-state index is 11.9. The van der Waals surface area contributed by atoms with Crippen molar-refractivity contribution in [3.8, 4) is 0 Å². The van der Waals surface area contributed by atoms with Crippen LogP contribution in [0.25, 0.3) is 0 Å². The van der Waals surface area contributed by atoms with E-state index < -0.39 is 11.5 Å². The van der Waals surface area contributed by atoms with Gasteiger partial charge in [-0.25, -0.2) is 4.79 Å². The largest absolute Gasteiger partial charge is 0.460 e. The minimum atomic E-state index is -0.460. The van der Waals surface area contributed by atoms with Gasteiger partial charge in [-0.15, -0.1) is 0 Å². The van der Waals surface area contributed by atoms with Gasteiger partial charge in [-0.2, -0.15) is 0 Å². The van der Waals surface area contributed by atoms with Gasteiger partial charge in [-0.3, -0.25) is 4.79 Å². The van der Waals surface area contributed by atoms with Crippen LogP contribution in [0.3, 0.4) is 0 Å². The van der Waals surface area contributed by atoms with Crippen LogP contribution in [0.1, 0.15) is 33.6 Å².